The molecule has 1 fully saturated rings. The second-order valence-corrected chi connectivity index (χ2v) is 8.86. The van der Waals surface area contributed by atoms with E-state index in [2.05, 4.69) is 15.1 Å². The summed E-state index contributed by atoms with van der Waals surface area (Å²) in [7, 11) is 2.52. The van der Waals surface area contributed by atoms with Crippen LogP contribution in [0.15, 0.2) is 24.3 Å². The van der Waals surface area contributed by atoms with E-state index in [4.69, 9.17) is 21.1 Å². The summed E-state index contributed by atoms with van der Waals surface area (Å²) in [6.07, 6.45) is 0. The second-order valence-electron chi connectivity index (χ2n) is 7.44. The van der Waals surface area contributed by atoms with E-state index in [1.807, 2.05) is 24.3 Å². The van der Waals surface area contributed by atoms with Crippen molar-refractivity contribution in [3.63, 3.8) is 0 Å². The number of carbonyl (C=O) groups is 3. The van der Waals surface area contributed by atoms with Crippen LogP contribution in [0.4, 0.5) is 5.00 Å². The van der Waals surface area contributed by atoms with Crippen molar-refractivity contribution in [3.8, 4) is 0 Å². The molecule has 0 bridgehead atoms. The lowest BCUT2D eigenvalue weighted by Crippen LogP contribution is -2.48. The van der Waals surface area contributed by atoms with Gasteiger partial charge in [0.1, 0.15) is 9.88 Å². The topological polar surface area (TPSA) is 88.2 Å². The van der Waals surface area contributed by atoms with Gasteiger partial charge in [-0.3, -0.25) is 14.6 Å². The molecule has 3 rings (SSSR count). The minimum Gasteiger partial charge on any atom is -0.465 e. The highest BCUT2D eigenvalue weighted by Gasteiger charge is 2.27. The maximum atomic E-state index is 12.7. The summed E-state index contributed by atoms with van der Waals surface area (Å²) in [5.41, 5.74) is 1.69. The van der Waals surface area contributed by atoms with Crippen molar-refractivity contribution >= 4 is 45.8 Å². The molecule has 1 aromatic heterocycles. The van der Waals surface area contributed by atoms with Gasteiger partial charge in [-0.05, 0) is 24.1 Å². The molecule has 0 spiro atoms. The van der Waals surface area contributed by atoms with Crippen LogP contribution in [-0.4, -0.2) is 74.6 Å². The molecule has 2 heterocycles. The minimum atomic E-state index is -0.614. The first-order valence-electron chi connectivity index (χ1n) is 10.1. The molecule has 0 aliphatic carbocycles. The number of nitrogens with one attached hydrogen (secondary N) is 1. The van der Waals surface area contributed by atoms with E-state index in [0.717, 1.165) is 54.6 Å². The molecule has 10 heteroatoms. The third-order valence-corrected chi connectivity index (χ3v) is 6.90. The van der Waals surface area contributed by atoms with Gasteiger partial charge in [0.15, 0.2) is 0 Å². The summed E-state index contributed by atoms with van der Waals surface area (Å²) in [4.78, 5) is 41.5. The molecule has 8 nitrogen and oxygen atoms in total. The van der Waals surface area contributed by atoms with Gasteiger partial charge in [-0.15, -0.1) is 11.3 Å². The zero-order valence-corrected chi connectivity index (χ0v) is 19.8. The Hall–Kier alpha value is -2.46. The van der Waals surface area contributed by atoms with Crippen LogP contribution in [0.1, 0.15) is 31.2 Å². The molecule has 0 unspecified atom stereocenters. The molecule has 1 N–H and O–H groups in total. The number of nitrogens with zero attached hydrogens (tertiary/aromatic N) is 2. The summed E-state index contributed by atoms with van der Waals surface area (Å²) in [6, 6.07) is 7.80. The molecule has 0 atom stereocenters. The number of halogens is 1. The highest BCUT2D eigenvalue weighted by Crippen LogP contribution is 2.34. The Labute approximate surface area is 196 Å². The van der Waals surface area contributed by atoms with E-state index in [9.17, 15) is 14.4 Å². The van der Waals surface area contributed by atoms with Gasteiger partial charge in [-0.2, -0.15) is 0 Å². The van der Waals surface area contributed by atoms with Gasteiger partial charge in [0, 0.05) is 37.7 Å². The summed E-state index contributed by atoms with van der Waals surface area (Å²) in [6.45, 7) is 5.69. The lowest BCUT2D eigenvalue weighted by molar-refractivity contribution is -0.117. The summed E-state index contributed by atoms with van der Waals surface area (Å²) in [5.74, 6) is -1.43. The van der Waals surface area contributed by atoms with E-state index in [-0.39, 0.29) is 27.9 Å². The largest absolute Gasteiger partial charge is 0.465 e. The van der Waals surface area contributed by atoms with Gasteiger partial charge in [-0.1, -0.05) is 29.8 Å². The Morgan fingerprint density at radius 3 is 2.28 bits per heavy atom. The fourth-order valence-electron chi connectivity index (χ4n) is 3.58. The number of hydrogen-bond donors (Lipinski definition) is 1. The standard InChI is InChI=1S/C22H26ClN3O5S/c1-14-18(21(28)30-2)20(32-19(14)22(29)31-3)24-17(27)13-26-10-8-25(9-11-26)12-15-6-4-5-7-16(15)23/h4-7H,8-13H2,1-3H3,(H,24,27). The first-order valence-corrected chi connectivity index (χ1v) is 11.3. The number of thiophene rings is 1. The highest BCUT2D eigenvalue weighted by atomic mass is 35.5. The number of methoxy groups -OCH3 is 2. The van der Waals surface area contributed by atoms with Crippen LogP contribution in [0.5, 0.6) is 0 Å². The number of carbonyl (C=O) groups excluding carboxylic acids is 3. The molecule has 1 amide bonds. The number of hydrogen-bond acceptors (Lipinski definition) is 8. The maximum Gasteiger partial charge on any atom is 0.348 e. The number of piperazine rings is 1. The predicted molar refractivity (Wildman–Crippen MR) is 124 cm³/mol. The van der Waals surface area contributed by atoms with Crippen molar-refractivity contribution in [1.82, 2.24) is 9.80 Å². The number of ether oxygens (including phenoxy) is 2. The Morgan fingerprint density at radius 1 is 1.03 bits per heavy atom. The van der Waals surface area contributed by atoms with Crippen molar-refractivity contribution in [2.45, 2.75) is 13.5 Å². The first kappa shape index (κ1) is 24.2. The Balaban J connectivity index is 1.59. The van der Waals surface area contributed by atoms with Crippen LogP contribution < -0.4 is 5.32 Å². The monoisotopic (exact) mass is 479 g/mol. The van der Waals surface area contributed by atoms with Gasteiger partial charge >= 0.3 is 11.9 Å². The molecule has 172 valence electrons. The third-order valence-electron chi connectivity index (χ3n) is 5.34. The smallest absolute Gasteiger partial charge is 0.348 e. The van der Waals surface area contributed by atoms with E-state index in [0.29, 0.717) is 5.56 Å². The van der Waals surface area contributed by atoms with Gasteiger partial charge in [0.25, 0.3) is 0 Å². The van der Waals surface area contributed by atoms with Gasteiger partial charge < -0.3 is 14.8 Å². The second kappa shape index (κ2) is 10.9. The van der Waals surface area contributed by atoms with E-state index in [1.165, 1.54) is 14.2 Å². The Kier molecular flexibility index (Phi) is 8.25. The van der Waals surface area contributed by atoms with E-state index >= 15 is 0 Å². The zero-order chi connectivity index (χ0) is 23.3. The van der Waals surface area contributed by atoms with Crippen molar-refractivity contribution in [1.29, 1.82) is 0 Å². The lowest BCUT2D eigenvalue weighted by atomic mass is 10.1. The Bertz CT molecular complexity index is 1000. The molecular formula is C22H26ClN3O5S. The third kappa shape index (κ3) is 5.66. The average Bonchev–Trinajstić information content (AvgIpc) is 3.11. The fourth-order valence-corrected chi connectivity index (χ4v) is 4.90. The van der Waals surface area contributed by atoms with E-state index < -0.39 is 11.9 Å². The maximum absolute atomic E-state index is 12.7. The van der Waals surface area contributed by atoms with Crippen molar-refractivity contribution in [3.05, 3.63) is 50.9 Å². The first-order chi connectivity index (χ1) is 15.3. The van der Waals surface area contributed by atoms with Crippen LogP contribution in [0, 0.1) is 6.92 Å². The van der Waals surface area contributed by atoms with Gasteiger partial charge in [-0.25, -0.2) is 9.59 Å². The summed E-state index contributed by atoms with van der Waals surface area (Å²) >= 11 is 7.26. The molecule has 32 heavy (non-hydrogen) atoms. The van der Waals surface area contributed by atoms with Crippen LogP contribution in [-0.2, 0) is 20.8 Å². The van der Waals surface area contributed by atoms with Crippen LogP contribution in [0.3, 0.4) is 0 Å². The Morgan fingerprint density at radius 2 is 1.66 bits per heavy atom. The average molecular weight is 480 g/mol. The number of esters is 2. The molecule has 2 aromatic rings. The van der Waals surface area contributed by atoms with Crippen molar-refractivity contribution < 1.29 is 23.9 Å². The SMILES string of the molecule is COC(=O)c1sc(NC(=O)CN2CCN(Cc3ccccc3Cl)CC2)c(C(=O)OC)c1C. The molecule has 1 saturated heterocycles. The van der Waals surface area contributed by atoms with E-state index in [1.54, 1.807) is 6.92 Å². The zero-order valence-electron chi connectivity index (χ0n) is 18.3. The number of rotatable bonds is 7. The van der Waals surface area contributed by atoms with Crippen LogP contribution in [0.2, 0.25) is 5.02 Å². The highest BCUT2D eigenvalue weighted by molar-refractivity contribution is 7.18. The van der Waals surface area contributed by atoms with Crippen LogP contribution in [0.25, 0.3) is 0 Å². The molecule has 0 radical (unpaired) electrons. The number of amides is 1. The predicted octanol–water partition coefficient (Wildman–Crippen LogP) is 3.04. The number of benzene rings is 1. The minimum absolute atomic E-state index is 0.177. The molecule has 1 aliphatic rings. The van der Waals surface area contributed by atoms with Crippen LogP contribution >= 0.6 is 22.9 Å². The fraction of sp³-hybridized carbons (Fsp3) is 0.409. The van der Waals surface area contributed by atoms with Gasteiger partial charge in [0.05, 0.1) is 26.3 Å². The quantitative estimate of drug-likeness (QED) is 0.610. The van der Waals surface area contributed by atoms with Crippen molar-refractivity contribution in [2.75, 3.05) is 52.3 Å². The molecule has 0 saturated carbocycles. The summed E-state index contributed by atoms with van der Waals surface area (Å²) in [5, 5.41) is 3.82. The number of anilines is 1. The normalized spacial score (nSPS) is 14.8. The molecule has 1 aromatic carbocycles. The molecular weight excluding hydrogens is 454 g/mol. The molecule has 1 aliphatic heterocycles. The van der Waals surface area contributed by atoms with Crippen molar-refractivity contribution in [2.24, 2.45) is 0 Å². The lowest BCUT2D eigenvalue weighted by Gasteiger charge is -2.34. The summed E-state index contributed by atoms with van der Waals surface area (Å²) < 4.78 is 9.59. The van der Waals surface area contributed by atoms with Gasteiger partial charge in [0.2, 0.25) is 5.91 Å².